The van der Waals surface area contributed by atoms with Gasteiger partial charge in [-0.25, -0.2) is 0 Å². The standard InChI is InChI=1S/C13H12BrNO2S/c1-8-7-9(14)3-4-10(8)15-13(16)12-11(17-2)5-6-18-12/h3-7H,1-2H3,(H,15,16). The van der Waals surface area contributed by atoms with E-state index in [1.165, 1.54) is 11.3 Å². The van der Waals surface area contributed by atoms with Crippen molar-refractivity contribution in [3.8, 4) is 5.75 Å². The number of anilines is 1. The molecule has 0 radical (unpaired) electrons. The highest BCUT2D eigenvalue weighted by atomic mass is 79.9. The zero-order chi connectivity index (χ0) is 13.1. The van der Waals surface area contributed by atoms with Gasteiger partial charge in [-0.2, -0.15) is 0 Å². The number of nitrogens with one attached hydrogen (secondary N) is 1. The Hall–Kier alpha value is -1.33. The molecule has 0 spiro atoms. The van der Waals surface area contributed by atoms with Gasteiger partial charge in [0.05, 0.1) is 7.11 Å². The minimum Gasteiger partial charge on any atom is -0.495 e. The van der Waals surface area contributed by atoms with Crippen LogP contribution in [0.2, 0.25) is 0 Å². The number of benzene rings is 1. The van der Waals surface area contributed by atoms with Gasteiger partial charge in [-0.1, -0.05) is 15.9 Å². The molecule has 18 heavy (non-hydrogen) atoms. The molecule has 1 aromatic carbocycles. The Morgan fingerprint density at radius 3 is 2.83 bits per heavy atom. The number of halogens is 1. The first-order valence-corrected chi connectivity index (χ1v) is 6.98. The predicted octanol–water partition coefficient (Wildman–Crippen LogP) is 4.08. The van der Waals surface area contributed by atoms with Crippen LogP contribution < -0.4 is 10.1 Å². The van der Waals surface area contributed by atoms with Crippen molar-refractivity contribution in [3.63, 3.8) is 0 Å². The molecular formula is C13H12BrNO2S. The molecule has 3 nitrogen and oxygen atoms in total. The molecule has 5 heteroatoms. The molecule has 1 N–H and O–H groups in total. The fraction of sp³-hybridized carbons (Fsp3) is 0.154. The summed E-state index contributed by atoms with van der Waals surface area (Å²) in [5.74, 6) is 0.458. The first-order chi connectivity index (χ1) is 8.61. The Bertz CT molecular complexity index is 580. The minimum absolute atomic E-state index is 0.146. The molecule has 0 aliphatic heterocycles. The Morgan fingerprint density at radius 1 is 1.39 bits per heavy atom. The molecule has 0 aliphatic rings. The van der Waals surface area contributed by atoms with Crippen molar-refractivity contribution in [3.05, 3.63) is 44.6 Å². The smallest absolute Gasteiger partial charge is 0.269 e. The third-order valence-corrected chi connectivity index (χ3v) is 3.88. The van der Waals surface area contributed by atoms with E-state index in [9.17, 15) is 4.79 Å². The van der Waals surface area contributed by atoms with Crippen molar-refractivity contribution in [2.75, 3.05) is 12.4 Å². The van der Waals surface area contributed by atoms with Crippen LogP contribution >= 0.6 is 27.3 Å². The van der Waals surface area contributed by atoms with E-state index in [0.29, 0.717) is 10.6 Å². The second-order valence-corrected chi connectivity index (χ2v) is 5.56. The molecule has 0 unspecified atom stereocenters. The molecule has 1 amide bonds. The number of hydrogen-bond donors (Lipinski definition) is 1. The van der Waals surface area contributed by atoms with E-state index in [4.69, 9.17) is 4.74 Å². The first kappa shape index (κ1) is 13.1. The first-order valence-electron chi connectivity index (χ1n) is 5.31. The van der Waals surface area contributed by atoms with E-state index in [1.807, 2.05) is 30.5 Å². The molecule has 1 aromatic heterocycles. The topological polar surface area (TPSA) is 38.3 Å². The van der Waals surface area contributed by atoms with Crippen molar-refractivity contribution in [2.45, 2.75) is 6.92 Å². The highest BCUT2D eigenvalue weighted by Gasteiger charge is 2.14. The number of amides is 1. The molecule has 0 saturated carbocycles. The Morgan fingerprint density at radius 2 is 2.17 bits per heavy atom. The average Bonchev–Trinajstić information content (AvgIpc) is 2.81. The Kier molecular flexibility index (Phi) is 4.04. The maximum atomic E-state index is 12.1. The summed E-state index contributed by atoms with van der Waals surface area (Å²) < 4.78 is 6.13. The van der Waals surface area contributed by atoms with Gasteiger partial charge in [0.2, 0.25) is 0 Å². The second kappa shape index (κ2) is 5.54. The predicted molar refractivity (Wildman–Crippen MR) is 77.7 cm³/mol. The molecule has 1 heterocycles. The van der Waals surface area contributed by atoms with Gasteiger partial charge in [-0.3, -0.25) is 4.79 Å². The summed E-state index contributed by atoms with van der Waals surface area (Å²) in [6, 6.07) is 7.51. The van der Waals surface area contributed by atoms with Gasteiger partial charge in [0.1, 0.15) is 10.6 Å². The number of aryl methyl sites for hydroxylation is 1. The summed E-state index contributed by atoms with van der Waals surface area (Å²) in [4.78, 5) is 12.7. The number of rotatable bonds is 3. The molecule has 94 valence electrons. The van der Waals surface area contributed by atoms with Crippen LogP contribution in [0.1, 0.15) is 15.2 Å². The van der Waals surface area contributed by atoms with Crippen molar-refractivity contribution >= 4 is 38.9 Å². The molecule has 0 bridgehead atoms. The highest BCUT2D eigenvalue weighted by molar-refractivity contribution is 9.10. The summed E-state index contributed by atoms with van der Waals surface area (Å²) in [7, 11) is 1.56. The van der Waals surface area contributed by atoms with E-state index < -0.39 is 0 Å². The number of thiophene rings is 1. The van der Waals surface area contributed by atoms with Crippen molar-refractivity contribution in [2.24, 2.45) is 0 Å². The molecule has 0 aliphatic carbocycles. The van der Waals surface area contributed by atoms with Gasteiger partial charge in [-0.15, -0.1) is 11.3 Å². The summed E-state index contributed by atoms with van der Waals surface area (Å²) in [6.07, 6.45) is 0. The lowest BCUT2D eigenvalue weighted by atomic mass is 10.2. The molecule has 2 rings (SSSR count). The quantitative estimate of drug-likeness (QED) is 0.923. The lowest BCUT2D eigenvalue weighted by Gasteiger charge is -2.08. The Labute approximate surface area is 118 Å². The zero-order valence-electron chi connectivity index (χ0n) is 9.99. The SMILES string of the molecule is COc1ccsc1C(=O)Nc1ccc(Br)cc1C. The fourth-order valence-electron chi connectivity index (χ4n) is 1.57. The van der Waals surface area contributed by atoms with Gasteiger partial charge in [0, 0.05) is 10.2 Å². The lowest BCUT2D eigenvalue weighted by Crippen LogP contribution is -2.12. The van der Waals surface area contributed by atoms with E-state index in [0.717, 1.165) is 15.7 Å². The number of carbonyl (C=O) groups is 1. The second-order valence-electron chi connectivity index (χ2n) is 3.73. The van der Waals surface area contributed by atoms with Crippen LogP contribution in [0.3, 0.4) is 0 Å². The monoisotopic (exact) mass is 325 g/mol. The number of methoxy groups -OCH3 is 1. The van der Waals surface area contributed by atoms with Gasteiger partial charge in [0.25, 0.3) is 5.91 Å². The fourth-order valence-corrected chi connectivity index (χ4v) is 2.80. The van der Waals surface area contributed by atoms with Gasteiger partial charge >= 0.3 is 0 Å². The third kappa shape index (κ3) is 2.73. The molecule has 0 saturated heterocycles. The minimum atomic E-state index is -0.146. The van der Waals surface area contributed by atoms with E-state index in [2.05, 4.69) is 21.2 Å². The molecule has 0 fully saturated rings. The summed E-state index contributed by atoms with van der Waals surface area (Å²) in [6.45, 7) is 1.95. The lowest BCUT2D eigenvalue weighted by molar-refractivity contribution is 0.102. The van der Waals surface area contributed by atoms with Gasteiger partial charge < -0.3 is 10.1 Å². The summed E-state index contributed by atoms with van der Waals surface area (Å²) in [5.41, 5.74) is 1.81. The van der Waals surface area contributed by atoms with E-state index in [1.54, 1.807) is 13.2 Å². The van der Waals surface area contributed by atoms with Crippen molar-refractivity contribution in [1.29, 1.82) is 0 Å². The van der Waals surface area contributed by atoms with Crippen molar-refractivity contribution in [1.82, 2.24) is 0 Å². The van der Waals surface area contributed by atoms with Crippen LogP contribution in [-0.4, -0.2) is 13.0 Å². The van der Waals surface area contributed by atoms with E-state index in [-0.39, 0.29) is 5.91 Å². The largest absolute Gasteiger partial charge is 0.495 e. The average molecular weight is 326 g/mol. The van der Waals surface area contributed by atoms with Crippen LogP contribution in [0.15, 0.2) is 34.1 Å². The van der Waals surface area contributed by atoms with Gasteiger partial charge in [-0.05, 0) is 42.1 Å². The maximum absolute atomic E-state index is 12.1. The third-order valence-electron chi connectivity index (χ3n) is 2.49. The van der Waals surface area contributed by atoms with Crippen LogP contribution in [0.4, 0.5) is 5.69 Å². The van der Waals surface area contributed by atoms with Crippen LogP contribution in [0.25, 0.3) is 0 Å². The summed E-state index contributed by atoms with van der Waals surface area (Å²) in [5, 5.41) is 4.72. The van der Waals surface area contributed by atoms with Crippen LogP contribution in [0, 0.1) is 6.92 Å². The normalized spacial score (nSPS) is 10.2. The van der Waals surface area contributed by atoms with E-state index >= 15 is 0 Å². The van der Waals surface area contributed by atoms with Gasteiger partial charge in [0.15, 0.2) is 0 Å². The zero-order valence-corrected chi connectivity index (χ0v) is 12.4. The van der Waals surface area contributed by atoms with Crippen molar-refractivity contribution < 1.29 is 9.53 Å². The molecule has 0 atom stereocenters. The number of carbonyl (C=O) groups excluding carboxylic acids is 1. The number of ether oxygens (including phenoxy) is 1. The van der Waals surface area contributed by atoms with Crippen LogP contribution in [-0.2, 0) is 0 Å². The van der Waals surface area contributed by atoms with Crippen LogP contribution in [0.5, 0.6) is 5.75 Å². The Balaban J connectivity index is 2.21. The number of hydrogen-bond acceptors (Lipinski definition) is 3. The summed E-state index contributed by atoms with van der Waals surface area (Å²) >= 11 is 4.76. The molecular weight excluding hydrogens is 314 g/mol. The molecule has 2 aromatic rings. The maximum Gasteiger partial charge on any atom is 0.269 e. The highest BCUT2D eigenvalue weighted by Crippen LogP contribution is 2.26.